The van der Waals surface area contributed by atoms with E-state index in [1.54, 1.807) is 42.7 Å². The molecule has 0 saturated heterocycles. The first-order chi connectivity index (χ1) is 13.8. The van der Waals surface area contributed by atoms with E-state index < -0.39 is 11.1 Å². The zero-order valence-electron chi connectivity index (χ0n) is 14.5. The van der Waals surface area contributed by atoms with Gasteiger partial charge >= 0.3 is 6.18 Å². The van der Waals surface area contributed by atoms with E-state index in [-0.39, 0.29) is 10.7 Å². The molecular weight excluding hydrogens is 444 g/mol. The highest BCUT2D eigenvalue weighted by molar-refractivity contribution is 7.18. The van der Waals surface area contributed by atoms with E-state index >= 15 is 0 Å². The number of rotatable bonds is 4. The summed E-state index contributed by atoms with van der Waals surface area (Å²) in [6, 6.07) is 9.63. The average Bonchev–Trinajstić information content (AvgIpc) is 3.14. The Morgan fingerprint density at radius 3 is 2.55 bits per heavy atom. The monoisotopic (exact) mass is 454 g/mol. The molecule has 10 heteroatoms. The van der Waals surface area contributed by atoms with Crippen molar-refractivity contribution in [1.82, 2.24) is 15.0 Å². The van der Waals surface area contributed by atoms with Gasteiger partial charge in [0, 0.05) is 24.5 Å². The number of fused-ring (bicyclic) bond motifs is 1. The second-order valence-electron chi connectivity index (χ2n) is 6.07. The number of nitrogens with one attached hydrogen (secondary N) is 1. The molecular formula is C19H11Cl2F3N4S. The molecule has 1 aromatic carbocycles. The zero-order chi connectivity index (χ0) is 20.6. The summed E-state index contributed by atoms with van der Waals surface area (Å²) in [5.74, 6) is 0.587. The molecule has 0 bridgehead atoms. The first-order valence-corrected chi connectivity index (χ1v) is 9.85. The van der Waals surface area contributed by atoms with Crippen LogP contribution in [0.2, 0.25) is 10.0 Å². The van der Waals surface area contributed by atoms with Crippen molar-refractivity contribution in [3.05, 3.63) is 69.3 Å². The molecule has 29 heavy (non-hydrogen) atoms. The van der Waals surface area contributed by atoms with Crippen molar-refractivity contribution in [3.63, 3.8) is 0 Å². The number of pyridine rings is 1. The lowest BCUT2D eigenvalue weighted by atomic mass is 10.2. The van der Waals surface area contributed by atoms with Gasteiger partial charge in [0.2, 0.25) is 0 Å². The van der Waals surface area contributed by atoms with Gasteiger partial charge in [0.05, 0.1) is 15.4 Å². The van der Waals surface area contributed by atoms with Crippen LogP contribution in [0.1, 0.15) is 10.4 Å². The Labute approximate surface area is 177 Å². The van der Waals surface area contributed by atoms with Crippen molar-refractivity contribution < 1.29 is 13.2 Å². The van der Waals surface area contributed by atoms with E-state index in [2.05, 4.69) is 20.3 Å². The van der Waals surface area contributed by atoms with Crippen LogP contribution in [-0.2, 0) is 12.7 Å². The third-order valence-corrected chi connectivity index (χ3v) is 5.85. The average molecular weight is 455 g/mol. The lowest BCUT2D eigenvalue weighted by Gasteiger charge is -2.10. The summed E-state index contributed by atoms with van der Waals surface area (Å²) in [6.45, 7) is 0.298. The Morgan fingerprint density at radius 1 is 1.03 bits per heavy atom. The van der Waals surface area contributed by atoms with Gasteiger partial charge in [-0.1, -0.05) is 29.3 Å². The maximum atomic E-state index is 13.2. The van der Waals surface area contributed by atoms with E-state index in [1.165, 1.54) is 0 Å². The van der Waals surface area contributed by atoms with Crippen LogP contribution >= 0.6 is 34.5 Å². The largest absolute Gasteiger partial charge is 0.425 e. The molecule has 0 aliphatic carbocycles. The number of anilines is 1. The Morgan fingerprint density at radius 2 is 1.86 bits per heavy atom. The molecule has 0 aliphatic heterocycles. The third kappa shape index (κ3) is 4.29. The number of aromatic nitrogens is 3. The predicted molar refractivity (Wildman–Crippen MR) is 109 cm³/mol. The van der Waals surface area contributed by atoms with Crippen LogP contribution in [0.15, 0.2) is 48.8 Å². The number of hydrogen-bond acceptors (Lipinski definition) is 5. The van der Waals surface area contributed by atoms with Gasteiger partial charge in [0.1, 0.15) is 15.5 Å². The maximum Gasteiger partial charge on any atom is 0.425 e. The van der Waals surface area contributed by atoms with Gasteiger partial charge in [-0.25, -0.2) is 9.97 Å². The first-order valence-electron chi connectivity index (χ1n) is 8.28. The van der Waals surface area contributed by atoms with Crippen LogP contribution in [0.5, 0.6) is 0 Å². The molecule has 0 saturated carbocycles. The lowest BCUT2D eigenvalue weighted by Crippen LogP contribution is -2.04. The fourth-order valence-electron chi connectivity index (χ4n) is 2.66. The maximum absolute atomic E-state index is 13.2. The summed E-state index contributed by atoms with van der Waals surface area (Å²) in [5.41, 5.74) is 1.41. The highest BCUT2D eigenvalue weighted by Crippen LogP contribution is 2.40. The number of nitrogens with zero attached hydrogens (tertiary/aromatic N) is 3. The van der Waals surface area contributed by atoms with Crippen LogP contribution in [0.3, 0.4) is 0 Å². The Hall–Kier alpha value is -2.42. The molecule has 3 heterocycles. The molecule has 4 rings (SSSR count). The molecule has 0 unspecified atom stereocenters. The van der Waals surface area contributed by atoms with E-state index in [9.17, 15) is 13.2 Å². The number of hydrogen-bond donors (Lipinski definition) is 1. The minimum Gasteiger partial charge on any atom is -0.365 e. The fraction of sp³-hybridized carbons (Fsp3) is 0.105. The minimum atomic E-state index is -4.46. The standard InChI is InChI=1S/C19H11Cl2F3N4S/c20-13-4-3-10(6-14(13)21)8-26-17-12-7-15(19(22,23)24)29-18(12)28-16(27-17)11-2-1-5-25-9-11/h1-7,9H,8H2,(H,26,27,28). The smallest absolute Gasteiger partial charge is 0.365 e. The molecule has 0 aliphatic rings. The number of benzene rings is 1. The summed E-state index contributed by atoms with van der Waals surface area (Å²) in [6.07, 6.45) is -1.30. The van der Waals surface area contributed by atoms with E-state index in [0.29, 0.717) is 44.7 Å². The van der Waals surface area contributed by atoms with Crippen molar-refractivity contribution in [2.45, 2.75) is 12.7 Å². The van der Waals surface area contributed by atoms with Crippen molar-refractivity contribution in [3.8, 4) is 11.4 Å². The lowest BCUT2D eigenvalue weighted by molar-refractivity contribution is -0.134. The van der Waals surface area contributed by atoms with E-state index in [0.717, 1.165) is 11.6 Å². The van der Waals surface area contributed by atoms with Crippen LogP contribution < -0.4 is 5.32 Å². The number of alkyl halides is 3. The summed E-state index contributed by atoms with van der Waals surface area (Å²) >= 11 is 12.5. The van der Waals surface area contributed by atoms with Gasteiger partial charge < -0.3 is 5.32 Å². The fourth-order valence-corrected chi connectivity index (χ4v) is 3.87. The van der Waals surface area contributed by atoms with Crippen LogP contribution in [0.4, 0.5) is 19.0 Å². The van der Waals surface area contributed by atoms with Crippen LogP contribution in [-0.4, -0.2) is 15.0 Å². The summed E-state index contributed by atoms with van der Waals surface area (Å²) in [5, 5.41) is 4.21. The molecule has 148 valence electrons. The molecule has 0 atom stereocenters. The quantitative estimate of drug-likeness (QED) is 0.373. The summed E-state index contributed by atoms with van der Waals surface area (Å²) in [4.78, 5) is 12.3. The zero-order valence-corrected chi connectivity index (χ0v) is 16.8. The van der Waals surface area contributed by atoms with Gasteiger partial charge in [-0.3, -0.25) is 4.98 Å². The minimum absolute atomic E-state index is 0.239. The molecule has 4 nitrogen and oxygen atoms in total. The number of thiophene rings is 1. The normalized spacial score (nSPS) is 11.8. The topological polar surface area (TPSA) is 50.7 Å². The third-order valence-electron chi connectivity index (χ3n) is 4.04. The molecule has 0 fully saturated rings. The SMILES string of the molecule is FC(F)(F)c1cc2c(NCc3ccc(Cl)c(Cl)c3)nc(-c3cccnc3)nc2s1. The van der Waals surface area contributed by atoms with Gasteiger partial charge in [-0.2, -0.15) is 13.2 Å². The van der Waals surface area contributed by atoms with Crippen LogP contribution in [0.25, 0.3) is 21.6 Å². The van der Waals surface area contributed by atoms with Crippen molar-refractivity contribution in [1.29, 1.82) is 0 Å². The highest BCUT2D eigenvalue weighted by atomic mass is 35.5. The van der Waals surface area contributed by atoms with Gasteiger partial charge in [-0.05, 0) is 35.9 Å². The Balaban J connectivity index is 1.77. The molecule has 3 aromatic heterocycles. The van der Waals surface area contributed by atoms with Gasteiger partial charge in [0.15, 0.2) is 5.82 Å². The first kappa shape index (κ1) is 19.9. The van der Waals surface area contributed by atoms with Crippen LogP contribution in [0, 0.1) is 0 Å². The molecule has 0 radical (unpaired) electrons. The second-order valence-corrected chi connectivity index (χ2v) is 7.91. The predicted octanol–water partition coefficient (Wildman–Crippen LogP) is 6.69. The second kappa shape index (κ2) is 7.78. The molecule has 1 N–H and O–H groups in total. The van der Waals surface area contributed by atoms with Gasteiger partial charge in [-0.15, -0.1) is 11.3 Å². The van der Waals surface area contributed by atoms with E-state index in [1.807, 2.05) is 0 Å². The number of halogens is 5. The van der Waals surface area contributed by atoms with E-state index in [4.69, 9.17) is 23.2 Å². The molecule has 0 amide bonds. The Kier molecular flexibility index (Phi) is 5.33. The highest BCUT2D eigenvalue weighted by Gasteiger charge is 2.33. The summed E-state index contributed by atoms with van der Waals surface area (Å²) < 4.78 is 39.7. The Bertz CT molecular complexity index is 1180. The summed E-state index contributed by atoms with van der Waals surface area (Å²) in [7, 11) is 0. The van der Waals surface area contributed by atoms with Crippen molar-refractivity contribution >= 4 is 50.6 Å². The van der Waals surface area contributed by atoms with Gasteiger partial charge in [0.25, 0.3) is 0 Å². The van der Waals surface area contributed by atoms with Crippen molar-refractivity contribution in [2.75, 3.05) is 5.32 Å². The van der Waals surface area contributed by atoms with Crippen molar-refractivity contribution in [2.24, 2.45) is 0 Å². The molecule has 4 aromatic rings. The molecule has 0 spiro atoms.